The van der Waals surface area contributed by atoms with Crippen LogP contribution in [0.3, 0.4) is 0 Å². The minimum absolute atomic E-state index is 0.262. The Morgan fingerprint density at radius 3 is 3.00 bits per heavy atom. The molecule has 0 spiro atoms. The van der Waals surface area contributed by atoms with Gasteiger partial charge in [0.25, 0.3) is 0 Å². The van der Waals surface area contributed by atoms with Crippen molar-refractivity contribution in [3.8, 4) is 0 Å². The molecule has 0 heterocycles. The molecule has 2 rings (SSSR count). The molecular formula is C11H11ClO2. The molecule has 0 saturated carbocycles. The highest BCUT2D eigenvalue weighted by Crippen LogP contribution is 2.30. The van der Waals surface area contributed by atoms with Crippen LogP contribution in [0.2, 0.25) is 5.02 Å². The van der Waals surface area contributed by atoms with Crippen LogP contribution in [-0.4, -0.2) is 11.1 Å². The third-order valence-electron chi connectivity index (χ3n) is 2.78. The lowest BCUT2D eigenvalue weighted by molar-refractivity contribution is -0.142. The Labute approximate surface area is 87.5 Å². The second-order valence-corrected chi connectivity index (χ2v) is 4.06. The molecule has 1 aliphatic carbocycles. The van der Waals surface area contributed by atoms with Gasteiger partial charge in [0.2, 0.25) is 0 Å². The number of hydrogen-bond acceptors (Lipinski definition) is 1. The zero-order valence-electron chi connectivity index (χ0n) is 7.66. The fourth-order valence-electron chi connectivity index (χ4n) is 1.96. The SMILES string of the molecule is O=C(O)C1CCc2cccc(Cl)c2C1. The topological polar surface area (TPSA) is 37.3 Å². The van der Waals surface area contributed by atoms with Crippen LogP contribution in [0.4, 0.5) is 0 Å². The molecule has 3 heteroatoms. The van der Waals surface area contributed by atoms with E-state index in [0.29, 0.717) is 11.4 Å². The third kappa shape index (κ3) is 1.62. The van der Waals surface area contributed by atoms with Gasteiger partial charge < -0.3 is 5.11 Å². The van der Waals surface area contributed by atoms with E-state index in [2.05, 4.69) is 0 Å². The number of carbonyl (C=O) groups is 1. The van der Waals surface area contributed by atoms with Gasteiger partial charge in [0, 0.05) is 5.02 Å². The fraction of sp³-hybridized carbons (Fsp3) is 0.364. The van der Waals surface area contributed by atoms with Crippen LogP contribution < -0.4 is 0 Å². The first-order valence-electron chi connectivity index (χ1n) is 4.67. The summed E-state index contributed by atoms with van der Waals surface area (Å²) >= 11 is 6.02. The van der Waals surface area contributed by atoms with Gasteiger partial charge in [0.1, 0.15) is 0 Å². The van der Waals surface area contributed by atoms with E-state index < -0.39 is 5.97 Å². The maximum atomic E-state index is 10.8. The van der Waals surface area contributed by atoms with Gasteiger partial charge >= 0.3 is 5.97 Å². The van der Waals surface area contributed by atoms with Crippen molar-refractivity contribution < 1.29 is 9.90 Å². The normalized spacial score (nSPS) is 20.2. The summed E-state index contributed by atoms with van der Waals surface area (Å²) in [5.41, 5.74) is 2.22. The second-order valence-electron chi connectivity index (χ2n) is 3.66. The highest BCUT2D eigenvalue weighted by molar-refractivity contribution is 6.31. The molecular weight excluding hydrogens is 200 g/mol. The zero-order valence-corrected chi connectivity index (χ0v) is 8.42. The number of benzene rings is 1. The summed E-state index contributed by atoms with van der Waals surface area (Å²) in [6.45, 7) is 0. The number of carboxylic acids is 1. The van der Waals surface area contributed by atoms with Gasteiger partial charge in [0.15, 0.2) is 0 Å². The molecule has 14 heavy (non-hydrogen) atoms. The molecule has 0 bridgehead atoms. The minimum Gasteiger partial charge on any atom is -0.481 e. The van der Waals surface area contributed by atoms with Gasteiger partial charge in [-0.1, -0.05) is 23.7 Å². The lowest BCUT2D eigenvalue weighted by atomic mass is 9.84. The highest BCUT2D eigenvalue weighted by atomic mass is 35.5. The van der Waals surface area contributed by atoms with Crippen LogP contribution in [0.1, 0.15) is 17.5 Å². The van der Waals surface area contributed by atoms with Crippen LogP contribution in [0.5, 0.6) is 0 Å². The molecule has 1 aromatic carbocycles. The molecule has 0 saturated heterocycles. The van der Waals surface area contributed by atoms with Crippen LogP contribution in [-0.2, 0) is 17.6 Å². The monoisotopic (exact) mass is 210 g/mol. The number of fused-ring (bicyclic) bond motifs is 1. The number of aryl methyl sites for hydroxylation is 1. The molecule has 1 N–H and O–H groups in total. The van der Waals surface area contributed by atoms with Gasteiger partial charge in [-0.05, 0) is 36.5 Å². The van der Waals surface area contributed by atoms with Crippen LogP contribution in [0.25, 0.3) is 0 Å². The average Bonchev–Trinajstić information content (AvgIpc) is 2.18. The molecule has 1 aliphatic rings. The van der Waals surface area contributed by atoms with Crippen LogP contribution >= 0.6 is 11.6 Å². The molecule has 1 atom stereocenters. The Morgan fingerprint density at radius 2 is 2.29 bits per heavy atom. The molecule has 0 aliphatic heterocycles. The quantitative estimate of drug-likeness (QED) is 0.774. The van der Waals surface area contributed by atoms with E-state index in [1.807, 2.05) is 18.2 Å². The van der Waals surface area contributed by atoms with E-state index >= 15 is 0 Å². The van der Waals surface area contributed by atoms with Crippen molar-refractivity contribution in [3.63, 3.8) is 0 Å². The molecule has 2 nitrogen and oxygen atoms in total. The molecule has 0 amide bonds. The van der Waals surface area contributed by atoms with Gasteiger partial charge in [-0.25, -0.2) is 0 Å². The maximum absolute atomic E-state index is 10.8. The fourth-order valence-corrected chi connectivity index (χ4v) is 2.23. The Bertz CT molecular complexity index is 374. The summed E-state index contributed by atoms with van der Waals surface area (Å²) in [6.07, 6.45) is 2.12. The highest BCUT2D eigenvalue weighted by Gasteiger charge is 2.25. The van der Waals surface area contributed by atoms with Gasteiger partial charge in [-0.2, -0.15) is 0 Å². The number of aliphatic carboxylic acids is 1. The van der Waals surface area contributed by atoms with E-state index in [4.69, 9.17) is 16.7 Å². The Kier molecular flexibility index (Phi) is 2.46. The van der Waals surface area contributed by atoms with E-state index in [-0.39, 0.29) is 5.92 Å². The maximum Gasteiger partial charge on any atom is 0.306 e. The van der Waals surface area contributed by atoms with E-state index in [1.165, 1.54) is 5.56 Å². The summed E-state index contributed by atoms with van der Waals surface area (Å²) in [4.78, 5) is 10.8. The molecule has 0 aromatic heterocycles. The predicted molar refractivity (Wildman–Crippen MR) is 54.6 cm³/mol. The van der Waals surface area contributed by atoms with Crippen molar-refractivity contribution in [1.82, 2.24) is 0 Å². The second kappa shape index (κ2) is 3.62. The summed E-state index contributed by atoms with van der Waals surface area (Å²) in [6, 6.07) is 5.77. The lowest BCUT2D eigenvalue weighted by Crippen LogP contribution is -2.22. The number of rotatable bonds is 1. The largest absolute Gasteiger partial charge is 0.481 e. The van der Waals surface area contributed by atoms with Gasteiger partial charge in [0.05, 0.1) is 5.92 Å². The molecule has 1 aromatic rings. The Balaban J connectivity index is 2.33. The smallest absolute Gasteiger partial charge is 0.306 e. The summed E-state index contributed by atoms with van der Waals surface area (Å²) in [5, 5.41) is 9.61. The van der Waals surface area contributed by atoms with Crippen molar-refractivity contribution in [3.05, 3.63) is 34.3 Å². The minimum atomic E-state index is -0.712. The Morgan fingerprint density at radius 1 is 1.50 bits per heavy atom. The van der Waals surface area contributed by atoms with Crippen molar-refractivity contribution in [1.29, 1.82) is 0 Å². The number of halogens is 1. The first kappa shape index (κ1) is 9.53. The molecule has 0 radical (unpaired) electrons. The van der Waals surface area contributed by atoms with Crippen LogP contribution in [0.15, 0.2) is 18.2 Å². The lowest BCUT2D eigenvalue weighted by Gasteiger charge is -2.22. The van der Waals surface area contributed by atoms with Crippen molar-refractivity contribution in [2.45, 2.75) is 19.3 Å². The van der Waals surface area contributed by atoms with E-state index in [0.717, 1.165) is 18.4 Å². The summed E-state index contributed by atoms with van der Waals surface area (Å²) in [7, 11) is 0. The molecule has 1 unspecified atom stereocenters. The zero-order chi connectivity index (χ0) is 10.1. The first-order chi connectivity index (χ1) is 6.68. The third-order valence-corrected chi connectivity index (χ3v) is 3.13. The summed E-state index contributed by atoms with van der Waals surface area (Å²) in [5.74, 6) is -0.974. The molecule has 0 fully saturated rings. The predicted octanol–water partition coefficient (Wildman–Crippen LogP) is 2.53. The number of carboxylic acid groups (broad SMARTS) is 1. The summed E-state index contributed by atoms with van der Waals surface area (Å²) < 4.78 is 0. The van der Waals surface area contributed by atoms with Crippen molar-refractivity contribution >= 4 is 17.6 Å². The average molecular weight is 211 g/mol. The van der Waals surface area contributed by atoms with Crippen molar-refractivity contribution in [2.24, 2.45) is 5.92 Å². The van der Waals surface area contributed by atoms with Gasteiger partial charge in [-0.3, -0.25) is 4.79 Å². The van der Waals surface area contributed by atoms with E-state index in [1.54, 1.807) is 0 Å². The standard InChI is InChI=1S/C11H11ClO2/c12-10-3-1-2-7-4-5-8(11(13)14)6-9(7)10/h1-3,8H,4-6H2,(H,13,14). The number of hydrogen-bond donors (Lipinski definition) is 1. The van der Waals surface area contributed by atoms with Crippen LogP contribution in [0, 0.1) is 5.92 Å². The Hall–Kier alpha value is -1.02. The first-order valence-corrected chi connectivity index (χ1v) is 5.05. The van der Waals surface area contributed by atoms with E-state index in [9.17, 15) is 4.79 Å². The molecule has 74 valence electrons. The van der Waals surface area contributed by atoms with Gasteiger partial charge in [-0.15, -0.1) is 0 Å². The van der Waals surface area contributed by atoms with Crippen molar-refractivity contribution in [2.75, 3.05) is 0 Å².